The van der Waals surface area contributed by atoms with Crippen LogP contribution in [0.1, 0.15) is 75.9 Å². The van der Waals surface area contributed by atoms with Crippen LogP contribution in [0.4, 0.5) is 0 Å². The Kier molecular flexibility index (Phi) is 11.7. The van der Waals surface area contributed by atoms with E-state index in [-0.39, 0.29) is 45.9 Å². The number of ketones is 1. The number of ether oxygens (including phenoxy) is 1. The lowest BCUT2D eigenvalue weighted by Crippen LogP contribution is -2.45. The number of esters is 1. The standard InChI is InChI=1S/C39H56O5SSi2/c1-38(2,3)46(8,9)43-31(24-28-14-16-29-22-23-45-36(29)25-28)19-21-33-32(20-15-27-12-17-30(18-13-27)37(41)42-7)34(40)26-35(33)44-47(10,11)39(4,5)6/h12-14,16-19,21-23,25,31-33,35H,15,20,24,26H2,1-11H3/t31?,32-,33-,35-/m1/s1. The molecule has 1 unspecified atom stereocenters. The fraction of sp³-hybridized carbons (Fsp3) is 0.538. The van der Waals surface area contributed by atoms with Crippen LogP contribution in [0.3, 0.4) is 0 Å². The van der Waals surface area contributed by atoms with Crippen LogP contribution in [0.5, 0.6) is 0 Å². The van der Waals surface area contributed by atoms with E-state index in [1.54, 1.807) is 23.5 Å². The highest BCUT2D eigenvalue weighted by Crippen LogP contribution is 2.43. The van der Waals surface area contributed by atoms with Crippen molar-refractivity contribution in [3.63, 3.8) is 0 Å². The quantitative estimate of drug-likeness (QED) is 0.107. The van der Waals surface area contributed by atoms with Crippen LogP contribution in [-0.2, 0) is 31.2 Å². The Morgan fingerprint density at radius 1 is 0.936 bits per heavy atom. The SMILES string of the molecule is COC(=O)c1ccc(CC[C@H]2C(=O)C[C@@H](O[Si](C)(C)C(C)(C)C)[C@@H]2C=CC(Cc2ccc3ccsc3c2)O[Si](C)(C)C(C)(C)C)cc1. The third-order valence-electron chi connectivity index (χ3n) is 10.8. The monoisotopic (exact) mass is 692 g/mol. The van der Waals surface area contributed by atoms with Crippen molar-refractivity contribution in [1.82, 2.24) is 0 Å². The zero-order valence-electron chi connectivity index (χ0n) is 30.4. The molecule has 0 amide bonds. The smallest absolute Gasteiger partial charge is 0.337 e. The molecule has 47 heavy (non-hydrogen) atoms. The van der Waals surface area contributed by atoms with Crippen LogP contribution >= 0.6 is 11.3 Å². The van der Waals surface area contributed by atoms with Gasteiger partial charge in [-0.05, 0) is 95.3 Å². The van der Waals surface area contributed by atoms with E-state index in [0.717, 1.165) is 24.8 Å². The molecular weight excluding hydrogens is 637 g/mol. The van der Waals surface area contributed by atoms with E-state index in [4.69, 9.17) is 13.6 Å². The third kappa shape index (κ3) is 9.21. The molecule has 3 aromatic rings. The summed E-state index contributed by atoms with van der Waals surface area (Å²) in [4.78, 5) is 25.7. The maximum absolute atomic E-state index is 13.7. The van der Waals surface area contributed by atoms with Crippen LogP contribution in [0.2, 0.25) is 36.3 Å². The molecule has 0 saturated heterocycles. The van der Waals surface area contributed by atoms with Gasteiger partial charge in [0.05, 0.1) is 24.9 Å². The lowest BCUT2D eigenvalue weighted by molar-refractivity contribution is -0.121. The first-order valence-electron chi connectivity index (χ1n) is 17.0. The largest absolute Gasteiger partial charge is 0.465 e. The molecule has 4 atom stereocenters. The summed E-state index contributed by atoms with van der Waals surface area (Å²) < 4.78 is 20.2. The second-order valence-corrected chi connectivity index (χ2v) is 26.8. The number of benzene rings is 2. The molecule has 0 radical (unpaired) electrons. The van der Waals surface area contributed by atoms with Gasteiger partial charge in [0, 0.05) is 29.4 Å². The van der Waals surface area contributed by atoms with Gasteiger partial charge < -0.3 is 13.6 Å². The molecular formula is C39H56O5SSi2. The topological polar surface area (TPSA) is 61.8 Å². The summed E-state index contributed by atoms with van der Waals surface area (Å²) in [5, 5.41) is 3.53. The number of methoxy groups -OCH3 is 1. The Morgan fingerprint density at radius 2 is 1.57 bits per heavy atom. The highest BCUT2D eigenvalue weighted by Gasteiger charge is 2.47. The molecule has 1 aromatic heterocycles. The zero-order valence-corrected chi connectivity index (χ0v) is 33.3. The number of thiophene rings is 1. The van der Waals surface area contributed by atoms with E-state index in [1.165, 1.54) is 22.8 Å². The Hall–Kier alpha value is -2.37. The summed E-state index contributed by atoms with van der Waals surface area (Å²) in [6.45, 7) is 22.8. The van der Waals surface area contributed by atoms with Crippen molar-refractivity contribution >= 4 is 49.8 Å². The molecule has 256 valence electrons. The molecule has 1 heterocycles. The molecule has 0 N–H and O–H groups in total. The highest BCUT2D eigenvalue weighted by atomic mass is 32.1. The fourth-order valence-corrected chi connectivity index (χ4v) is 9.28. The van der Waals surface area contributed by atoms with Gasteiger partial charge >= 0.3 is 5.97 Å². The van der Waals surface area contributed by atoms with Crippen LogP contribution in [0.15, 0.2) is 66.1 Å². The molecule has 2 aromatic carbocycles. The zero-order chi connectivity index (χ0) is 34.8. The minimum absolute atomic E-state index is 0.0312. The maximum atomic E-state index is 13.7. The van der Waals surface area contributed by atoms with Gasteiger partial charge in [-0.15, -0.1) is 11.3 Å². The van der Waals surface area contributed by atoms with Gasteiger partial charge in [0.15, 0.2) is 16.6 Å². The number of carbonyl (C=O) groups excluding carboxylic acids is 2. The van der Waals surface area contributed by atoms with Crippen LogP contribution in [0.25, 0.3) is 10.1 Å². The summed E-state index contributed by atoms with van der Waals surface area (Å²) in [5.41, 5.74) is 2.89. The minimum Gasteiger partial charge on any atom is -0.465 e. The Morgan fingerprint density at radius 3 is 2.19 bits per heavy atom. The van der Waals surface area contributed by atoms with Crippen LogP contribution in [-0.4, -0.2) is 47.7 Å². The summed E-state index contributed by atoms with van der Waals surface area (Å²) in [7, 11) is -2.84. The first-order chi connectivity index (χ1) is 21.8. The maximum Gasteiger partial charge on any atom is 0.337 e. The number of rotatable bonds is 12. The first kappa shape index (κ1) is 37.5. The van der Waals surface area contributed by atoms with E-state index < -0.39 is 16.6 Å². The van der Waals surface area contributed by atoms with E-state index in [2.05, 4.69) is 110 Å². The summed E-state index contributed by atoms with van der Waals surface area (Å²) in [6.07, 6.45) is 6.97. The van der Waals surface area contributed by atoms with Crippen molar-refractivity contribution in [3.8, 4) is 0 Å². The number of carbonyl (C=O) groups is 2. The van der Waals surface area contributed by atoms with Gasteiger partial charge in [0.25, 0.3) is 0 Å². The van der Waals surface area contributed by atoms with Gasteiger partial charge in [-0.3, -0.25) is 4.79 Å². The van der Waals surface area contributed by atoms with Crippen LogP contribution < -0.4 is 0 Å². The van der Waals surface area contributed by atoms with Crippen LogP contribution in [0, 0.1) is 11.8 Å². The molecule has 0 aliphatic heterocycles. The number of hydrogen-bond acceptors (Lipinski definition) is 6. The second kappa shape index (κ2) is 14.6. The normalized spacial score (nSPS) is 20.3. The van der Waals surface area contributed by atoms with E-state index in [1.807, 2.05) is 12.1 Å². The summed E-state index contributed by atoms with van der Waals surface area (Å²) in [6, 6.07) is 16.4. The first-order valence-corrected chi connectivity index (χ1v) is 23.7. The summed E-state index contributed by atoms with van der Waals surface area (Å²) in [5.74, 6) is -0.240. The lowest BCUT2D eigenvalue weighted by atomic mass is 9.88. The molecule has 1 saturated carbocycles. The van der Waals surface area contributed by atoms with Crippen molar-refractivity contribution in [2.24, 2.45) is 11.8 Å². The Labute approximate surface area is 289 Å². The Balaban J connectivity index is 1.65. The van der Waals surface area contributed by atoms with Crippen molar-refractivity contribution in [3.05, 3.63) is 82.8 Å². The van der Waals surface area contributed by atoms with Crippen molar-refractivity contribution < 1.29 is 23.2 Å². The van der Waals surface area contributed by atoms with Crippen molar-refractivity contribution in [1.29, 1.82) is 0 Å². The molecule has 8 heteroatoms. The third-order valence-corrected chi connectivity index (χ3v) is 20.7. The molecule has 1 aliphatic rings. The van der Waals surface area contributed by atoms with Crippen molar-refractivity contribution in [2.45, 2.75) is 116 Å². The molecule has 4 rings (SSSR count). The predicted molar refractivity (Wildman–Crippen MR) is 202 cm³/mol. The number of aryl methyl sites for hydroxylation is 1. The number of fused-ring (bicyclic) bond motifs is 1. The molecule has 1 fully saturated rings. The van der Waals surface area contributed by atoms with E-state index >= 15 is 0 Å². The Bertz CT molecular complexity index is 1560. The molecule has 5 nitrogen and oxygen atoms in total. The number of Topliss-reactive ketones (excluding diaryl/α,β-unsaturated/α-hetero) is 1. The molecule has 1 aliphatic carbocycles. The van der Waals surface area contributed by atoms with Gasteiger partial charge in [-0.25, -0.2) is 4.79 Å². The lowest BCUT2D eigenvalue weighted by Gasteiger charge is -2.40. The minimum atomic E-state index is -2.13. The average Bonchev–Trinajstić information content (AvgIpc) is 3.56. The van der Waals surface area contributed by atoms with Gasteiger partial charge in [0.1, 0.15) is 5.78 Å². The second-order valence-electron chi connectivity index (χ2n) is 16.3. The highest BCUT2D eigenvalue weighted by molar-refractivity contribution is 7.17. The number of hydrogen-bond donors (Lipinski definition) is 0. The van der Waals surface area contributed by atoms with E-state index in [0.29, 0.717) is 12.0 Å². The fourth-order valence-electron chi connectivity index (χ4n) is 5.81. The van der Waals surface area contributed by atoms with Gasteiger partial charge in [0.2, 0.25) is 0 Å². The predicted octanol–water partition coefficient (Wildman–Crippen LogP) is 10.4. The van der Waals surface area contributed by atoms with Gasteiger partial charge in [-0.2, -0.15) is 0 Å². The summed E-state index contributed by atoms with van der Waals surface area (Å²) >= 11 is 1.77. The molecule has 0 spiro atoms. The van der Waals surface area contributed by atoms with Crippen molar-refractivity contribution in [2.75, 3.05) is 7.11 Å². The van der Waals surface area contributed by atoms with E-state index in [9.17, 15) is 9.59 Å². The van der Waals surface area contributed by atoms with Gasteiger partial charge in [-0.1, -0.05) is 78.0 Å². The molecule has 0 bridgehead atoms. The average molecular weight is 693 g/mol.